The van der Waals surface area contributed by atoms with Gasteiger partial charge in [0.2, 0.25) is 0 Å². The van der Waals surface area contributed by atoms with Crippen LogP contribution in [0.4, 0.5) is 0 Å². The first-order valence-corrected chi connectivity index (χ1v) is 5.49. The van der Waals surface area contributed by atoms with Gasteiger partial charge in [-0.25, -0.2) is 0 Å². The minimum absolute atomic E-state index is 0.0429. The van der Waals surface area contributed by atoms with E-state index in [9.17, 15) is 0 Å². The number of hydrogen-bond donors (Lipinski definition) is 2. The summed E-state index contributed by atoms with van der Waals surface area (Å²) in [5, 5.41) is 7.06. The van der Waals surface area contributed by atoms with Crippen molar-refractivity contribution >= 4 is 0 Å². The molecule has 0 aliphatic carbocycles. The number of hydrogen-bond acceptors (Lipinski definition) is 2. The third-order valence-electron chi connectivity index (χ3n) is 3.01. The molecule has 1 aliphatic rings. The topological polar surface area (TPSA) is 24.1 Å². The van der Waals surface area contributed by atoms with Crippen LogP contribution >= 0.6 is 0 Å². The molecule has 80 valence electrons. The van der Waals surface area contributed by atoms with E-state index in [1.165, 1.54) is 5.56 Å². The number of nitrogens with one attached hydrogen (secondary N) is 2. The van der Waals surface area contributed by atoms with Crippen molar-refractivity contribution in [3.05, 3.63) is 48.6 Å². The Morgan fingerprint density at radius 2 is 2.07 bits per heavy atom. The zero-order valence-electron chi connectivity index (χ0n) is 9.00. The van der Waals surface area contributed by atoms with Crippen LogP contribution in [0.3, 0.4) is 0 Å². The van der Waals surface area contributed by atoms with Crippen LogP contribution in [0.1, 0.15) is 12.0 Å². The summed E-state index contributed by atoms with van der Waals surface area (Å²) in [5.41, 5.74) is 1.39. The van der Waals surface area contributed by atoms with Gasteiger partial charge in [-0.15, -0.1) is 6.58 Å². The Kier molecular flexibility index (Phi) is 3.19. The number of piperazine rings is 1. The molecule has 0 aromatic heterocycles. The van der Waals surface area contributed by atoms with Crippen LogP contribution in [0.5, 0.6) is 0 Å². The van der Waals surface area contributed by atoms with Crippen LogP contribution in [-0.2, 0) is 5.54 Å². The SMILES string of the molecule is C=CCC1(c2ccccc2)CNCCN1. The van der Waals surface area contributed by atoms with Gasteiger partial charge in [-0.05, 0) is 12.0 Å². The molecule has 1 saturated heterocycles. The van der Waals surface area contributed by atoms with Gasteiger partial charge in [-0.3, -0.25) is 0 Å². The summed E-state index contributed by atoms with van der Waals surface area (Å²) in [6.07, 6.45) is 2.96. The maximum atomic E-state index is 3.86. The average molecular weight is 202 g/mol. The molecule has 1 heterocycles. The van der Waals surface area contributed by atoms with Crippen molar-refractivity contribution in [3.63, 3.8) is 0 Å². The molecule has 2 nitrogen and oxygen atoms in total. The molecule has 2 N–H and O–H groups in total. The maximum absolute atomic E-state index is 3.86. The third-order valence-corrected chi connectivity index (χ3v) is 3.01. The van der Waals surface area contributed by atoms with E-state index < -0.39 is 0 Å². The third kappa shape index (κ3) is 2.11. The Balaban J connectivity index is 2.29. The highest BCUT2D eigenvalue weighted by atomic mass is 15.1. The van der Waals surface area contributed by atoms with Gasteiger partial charge in [0.1, 0.15) is 0 Å². The molecule has 15 heavy (non-hydrogen) atoms. The van der Waals surface area contributed by atoms with Crippen molar-refractivity contribution in [2.45, 2.75) is 12.0 Å². The van der Waals surface area contributed by atoms with E-state index in [1.54, 1.807) is 0 Å². The Morgan fingerprint density at radius 3 is 2.67 bits per heavy atom. The summed E-state index contributed by atoms with van der Waals surface area (Å²) in [6, 6.07) is 10.6. The number of rotatable bonds is 3. The normalized spacial score (nSPS) is 26.1. The Morgan fingerprint density at radius 1 is 1.27 bits per heavy atom. The summed E-state index contributed by atoms with van der Waals surface area (Å²) in [5.74, 6) is 0. The van der Waals surface area contributed by atoms with Gasteiger partial charge in [0.25, 0.3) is 0 Å². The second-order valence-corrected chi connectivity index (χ2v) is 4.04. The largest absolute Gasteiger partial charge is 0.313 e. The van der Waals surface area contributed by atoms with E-state index in [-0.39, 0.29) is 5.54 Å². The molecule has 2 rings (SSSR count). The number of benzene rings is 1. The van der Waals surface area contributed by atoms with Crippen molar-refractivity contribution < 1.29 is 0 Å². The molecule has 2 heteroatoms. The first kappa shape index (κ1) is 10.4. The Bertz CT molecular complexity index is 313. The van der Waals surface area contributed by atoms with Gasteiger partial charge in [0, 0.05) is 19.6 Å². The van der Waals surface area contributed by atoms with Crippen LogP contribution in [0.15, 0.2) is 43.0 Å². The van der Waals surface area contributed by atoms with Gasteiger partial charge in [0.05, 0.1) is 5.54 Å². The van der Waals surface area contributed by atoms with Crippen LogP contribution < -0.4 is 10.6 Å². The van der Waals surface area contributed by atoms with E-state index in [0.29, 0.717) is 0 Å². The first-order chi connectivity index (χ1) is 7.37. The van der Waals surface area contributed by atoms with E-state index >= 15 is 0 Å². The van der Waals surface area contributed by atoms with Gasteiger partial charge in [-0.2, -0.15) is 0 Å². The highest BCUT2D eigenvalue weighted by Gasteiger charge is 2.31. The van der Waals surface area contributed by atoms with E-state index in [2.05, 4.69) is 47.5 Å². The molecular weight excluding hydrogens is 184 g/mol. The highest BCUT2D eigenvalue weighted by molar-refractivity contribution is 5.26. The molecule has 1 fully saturated rings. The molecule has 0 bridgehead atoms. The lowest BCUT2D eigenvalue weighted by molar-refractivity contribution is 0.279. The lowest BCUT2D eigenvalue weighted by atomic mass is 9.85. The second kappa shape index (κ2) is 4.60. The fourth-order valence-corrected chi connectivity index (χ4v) is 2.22. The minimum atomic E-state index is 0.0429. The molecule has 0 amide bonds. The van der Waals surface area contributed by atoms with E-state index in [0.717, 1.165) is 26.1 Å². The van der Waals surface area contributed by atoms with Crippen molar-refractivity contribution in [2.75, 3.05) is 19.6 Å². The zero-order chi connectivity index (χ0) is 10.6. The molecule has 0 radical (unpaired) electrons. The summed E-state index contributed by atoms with van der Waals surface area (Å²) < 4.78 is 0. The summed E-state index contributed by atoms with van der Waals surface area (Å²) >= 11 is 0. The Hall–Kier alpha value is -1.12. The fraction of sp³-hybridized carbons (Fsp3) is 0.385. The van der Waals surface area contributed by atoms with E-state index in [4.69, 9.17) is 0 Å². The first-order valence-electron chi connectivity index (χ1n) is 5.49. The minimum Gasteiger partial charge on any atom is -0.313 e. The molecule has 1 aromatic rings. The highest BCUT2D eigenvalue weighted by Crippen LogP contribution is 2.25. The fourth-order valence-electron chi connectivity index (χ4n) is 2.22. The monoisotopic (exact) mass is 202 g/mol. The Labute approximate surface area is 91.4 Å². The van der Waals surface area contributed by atoms with Gasteiger partial charge in [-0.1, -0.05) is 36.4 Å². The van der Waals surface area contributed by atoms with Crippen molar-refractivity contribution in [1.82, 2.24) is 10.6 Å². The van der Waals surface area contributed by atoms with Crippen molar-refractivity contribution in [2.24, 2.45) is 0 Å². The quantitative estimate of drug-likeness (QED) is 0.728. The summed E-state index contributed by atoms with van der Waals surface area (Å²) in [7, 11) is 0. The molecule has 0 spiro atoms. The predicted molar refractivity (Wildman–Crippen MR) is 63.8 cm³/mol. The summed E-state index contributed by atoms with van der Waals surface area (Å²) in [4.78, 5) is 0. The molecule has 1 aliphatic heterocycles. The molecule has 0 saturated carbocycles. The lowest BCUT2D eigenvalue weighted by Crippen LogP contribution is -2.56. The second-order valence-electron chi connectivity index (χ2n) is 4.04. The molecule has 1 aromatic carbocycles. The van der Waals surface area contributed by atoms with Crippen LogP contribution in [0, 0.1) is 0 Å². The standard InChI is InChI=1S/C13H18N2/c1-2-8-13(11-14-9-10-15-13)12-6-4-3-5-7-12/h2-7,14-15H,1,8-11H2. The van der Waals surface area contributed by atoms with Crippen LogP contribution in [0.25, 0.3) is 0 Å². The predicted octanol–water partition coefficient (Wildman–Crippen LogP) is 1.65. The molecule has 1 unspecified atom stereocenters. The lowest BCUT2D eigenvalue weighted by Gasteiger charge is -2.38. The van der Waals surface area contributed by atoms with Gasteiger partial charge < -0.3 is 10.6 Å². The van der Waals surface area contributed by atoms with Crippen LogP contribution in [0.2, 0.25) is 0 Å². The van der Waals surface area contributed by atoms with Crippen LogP contribution in [-0.4, -0.2) is 19.6 Å². The van der Waals surface area contributed by atoms with Crippen molar-refractivity contribution in [3.8, 4) is 0 Å². The van der Waals surface area contributed by atoms with E-state index in [1.807, 2.05) is 6.08 Å². The smallest absolute Gasteiger partial charge is 0.0596 e. The molecular formula is C13H18N2. The van der Waals surface area contributed by atoms with Gasteiger partial charge >= 0.3 is 0 Å². The average Bonchev–Trinajstić information content (AvgIpc) is 2.32. The summed E-state index contributed by atoms with van der Waals surface area (Å²) in [6.45, 7) is 6.90. The van der Waals surface area contributed by atoms with Crippen molar-refractivity contribution in [1.29, 1.82) is 0 Å². The zero-order valence-corrected chi connectivity index (χ0v) is 9.00. The van der Waals surface area contributed by atoms with Gasteiger partial charge in [0.15, 0.2) is 0 Å². The maximum Gasteiger partial charge on any atom is 0.0596 e. The molecule has 1 atom stereocenters.